The van der Waals surface area contributed by atoms with Gasteiger partial charge in [-0.3, -0.25) is 4.79 Å². The van der Waals surface area contributed by atoms with Gasteiger partial charge in [0.25, 0.3) is 5.91 Å². The van der Waals surface area contributed by atoms with Crippen molar-refractivity contribution in [1.29, 1.82) is 0 Å². The lowest BCUT2D eigenvalue weighted by molar-refractivity contribution is -0.917. The molecule has 0 saturated carbocycles. The summed E-state index contributed by atoms with van der Waals surface area (Å²) in [7, 11) is 3.14. The number of rotatable bonds is 5. The maximum atomic E-state index is 12.9. The van der Waals surface area contributed by atoms with Gasteiger partial charge in [0.05, 0.1) is 46.0 Å². The molecule has 1 aliphatic heterocycles. The Hall–Kier alpha value is -2.60. The van der Waals surface area contributed by atoms with Crippen LogP contribution in [-0.4, -0.2) is 51.2 Å². The van der Waals surface area contributed by atoms with Crippen LogP contribution in [0.25, 0.3) is 0 Å². The van der Waals surface area contributed by atoms with Crippen molar-refractivity contribution in [2.45, 2.75) is 6.54 Å². The predicted octanol–water partition coefficient (Wildman–Crippen LogP) is 0.0588. The quantitative estimate of drug-likeness (QED) is 0.835. The first kappa shape index (κ1) is 17.2. The number of H-pyrrole nitrogens is 1. The Balaban J connectivity index is 1.64. The molecule has 3 rings (SSSR count). The Morgan fingerprint density at radius 2 is 1.84 bits per heavy atom. The van der Waals surface area contributed by atoms with Crippen LogP contribution in [0, 0.1) is 0 Å². The first-order chi connectivity index (χ1) is 12.2. The number of carbonyl (C=O) groups excluding carboxylic acids is 1. The van der Waals surface area contributed by atoms with E-state index < -0.39 is 0 Å². The molecule has 132 valence electrons. The summed E-state index contributed by atoms with van der Waals surface area (Å²) >= 11 is 0. The van der Waals surface area contributed by atoms with Crippen LogP contribution < -0.4 is 19.4 Å². The highest BCUT2D eigenvalue weighted by molar-refractivity contribution is 5.97. The fourth-order valence-corrected chi connectivity index (χ4v) is 3.26. The number of nitrogens with one attached hydrogen (secondary N) is 2. The van der Waals surface area contributed by atoms with Crippen LogP contribution in [-0.2, 0) is 6.54 Å². The number of aromatic nitrogens is 1. The molecular weight excluding hydrogens is 318 g/mol. The zero-order chi connectivity index (χ0) is 17.6. The molecule has 2 aromatic rings. The van der Waals surface area contributed by atoms with Gasteiger partial charge in [0.15, 0.2) is 23.9 Å². The summed E-state index contributed by atoms with van der Waals surface area (Å²) < 4.78 is 10.7. The van der Waals surface area contributed by atoms with E-state index in [0.717, 1.165) is 32.7 Å². The average molecular weight is 343 g/mol. The number of quaternary nitrogens is 1. The number of carbonyl (C=O) groups is 1. The van der Waals surface area contributed by atoms with E-state index in [0.29, 0.717) is 17.1 Å². The van der Waals surface area contributed by atoms with Gasteiger partial charge in [-0.15, -0.1) is 0 Å². The van der Waals surface area contributed by atoms with E-state index in [9.17, 15) is 4.79 Å². The SMILES string of the molecule is COc1cccc(C(=O)N2CC[NH+](Cc3cc[nH+]cc3)CC2)c1OC. The standard InChI is InChI=1S/C19H23N3O3/c1-24-17-5-3-4-16(18(17)25-2)19(23)22-12-10-21(11-13-22)14-15-6-8-20-9-7-15/h3-9H,10-14H2,1-2H3/p+2. The van der Waals surface area contributed by atoms with Gasteiger partial charge in [-0.1, -0.05) is 6.07 Å². The number of hydrogen-bond donors (Lipinski definition) is 1. The smallest absolute Gasteiger partial charge is 0.258 e. The number of para-hydroxylation sites is 1. The van der Waals surface area contributed by atoms with E-state index in [-0.39, 0.29) is 5.91 Å². The van der Waals surface area contributed by atoms with Crippen LogP contribution in [0.5, 0.6) is 11.5 Å². The largest absolute Gasteiger partial charge is 0.493 e. The molecule has 1 saturated heterocycles. The Morgan fingerprint density at radius 1 is 1.12 bits per heavy atom. The molecule has 0 aliphatic carbocycles. The van der Waals surface area contributed by atoms with Crippen molar-refractivity contribution < 1.29 is 24.2 Å². The third-order valence-corrected chi connectivity index (χ3v) is 4.63. The zero-order valence-electron chi connectivity index (χ0n) is 14.7. The van der Waals surface area contributed by atoms with Crippen LogP contribution in [0.3, 0.4) is 0 Å². The van der Waals surface area contributed by atoms with Gasteiger partial charge in [-0.05, 0) is 12.1 Å². The molecule has 2 N–H and O–H groups in total. The summed E-state index contributed by atoms with van der Waals surface area (Å²) in [5.74, 6) is 1.09. The molecule has 2 heterocycles. The monoisotopic (exact) mass is 343 g/mol. The minimum atomic E-state index is 0.00381. The predicted molar refractivity (Wildman–Crippen MR) is 92.8 cm³/mol. The van der Waals surface area contributed by atoms with Gasteiger partial charge >= 0.3 is 0 Å². The van der Waals surface area contributed by atoms with Crippen molar-refractivity contribution in [2.24, 2.45) is 0 Å². The van der Waals surface area contributed by atoms with Crippen LogP contribution in [0.4, 0.5) is 0 Å². The number of nitrogens with zero attached hydrogens (tertiary/aromatic N) is 1. The lowest BCUT2D eigenvalue weighted by Gasteiger charge is -2.32. The van der Waals surface area contributed by atoms with E-state index >= 15 is 0 Å². The van der Waals surface area contributed by atoms with E-state index in [1.54, 1.807) is 26.4 Å². The van der Waals surface area contributed by atoms with Crippen molar-refractivity contribution in [1.82, 2.24) is 4.90 Å². The molecule has 1 aliphatic rings. The Morgan fingerprint density at radius 3 is 2.48 bits per heavy atom. The second kappa shape index (κ2) is 7.98. The van der Waals surface area contributed by atoms with Crippen LogP contribution in [0.15, 0.2) is 42.7 Å². The van der Waals surface area contributed by atoms with Gasteiger partial charge < -0.3 is 19.3 Å². The number of amides is 1. The number of aromatic amines is 1. The van der Waals surface area contributed by atoms with Crippen LogP contribution in [0.2, 0.25) is 0 Å². The molecule has 6 heteroatoms. The molecule has 0 spiro atoms. The molecule has 1 aromatic carbocycles. The Labute approximate surface area is 148 Å². The third-order valence-electron chi connectivity index (χ3n) is 4.63. The highest BCUT2D eigenvalue weighted by atomic mass is 16.5. The second-order valence-corrected chi connectivity index (χ2v) is 6.17. The molecule has 1 amide bonds. The van der Waals surface area contributed by atoms with E-state index in [2.05, 4.69) is 17.1 Å². The average Bonchev–Trinajstić information content (AvgIpc) is 2.68. The normalized spacial score (nSPS) is 15.0. The minimum Gasteiger partial charge on any atom is -0.493 e. The zero-order valence-corrected chi connectivity index (χ0v) is 14.7. The molecule has 0 unspecified atom stereocenters. The maximum absolute atomic E-state index is 12.9. The third kappa shape index (κ3) is 3.91. The summed E-state index contributed by atoms with van der Waals surface area (Å²) in [5.41, 5.74) is 1.87. The summed E-state index contributed by atoms with van der Waals surface area (Å²) in [6.07, 6.45) is 3.90. The van der Waals surface area contributed by atoms with Crippen molar-refractivity contribution in [3.8, 4) is 11.5 Å². The van der Waals surface area contributed by atoms with E-state index in [1.807, 2.05) is 23.4 Å². The second-order valence-electron chi connectivity index (χ2n) is 6.17. The molecule has 1 fully saturated rings. The summed E-state index contributed by atoms with van der Waals surface area (Å²) in [4.78, 5) is 19.3. The van der Waals surface area contributed by atoms with Crippen molar-refractivity contribution in [3.05, 3.63) is 53.9 Å². The molecule has 0 atom stereocenters. The fourth-order valence-electron chi connectivity index (χ4n) is 3.26. The van der Waals surface area contributed by atoms with Gasteiger partial charge in [-0.25, -0.2) is 4.98 Å². The number of hydrogen-bond acceptors (Lipinski definition) is 3. The molecule has 0 bridgehead atoms. The lowest BCUT2D eigenvalue weighted by Crippen LogP contribution is -3.13. The summed E-state index contributed by atoms with van der Waals surface area (Å²) in [5, 5.41) is 0. The molecule has 25 heavy (non-hydrogen) atoms. The molecule has 0 radical (unpaired) electrons. The van der Waals surface area contributed by atoms with Gasteiger partial charge in [0.1, 0.15) is 6.54 Å². The molecular formula is C19H25N3O3+2. The van der Waals surface area contributed by atoms with E-state index in [1.165, 1.54) is 10.5 Å². The molecule has 6 nitrogen and oxygen atoms in total. The first-order valence-electron chi connectivity index (χ1n) is 8.51. The highest BCUT2D eigenvalue weighted by Gasteiger charge is 2.27. The number of ether oxygens (including phenoxy) is 2. The summed E-state index contributed by atoms with van der Waals surface area (Å²) in [6.45, 7) is 4.35. The number of piperazine rings is 1. The first-order valence-corrected chi connectivity index (χ1v) is 8.51. The van der Waals surface area contributed by atoms with Crippen molar-refractivity contribution >= 4 is 5.91 Å². The van der Waals surface area contributed by atoms with E-state index in [4.69, 9.17) is 9.47 Å². The number of methoxy groups -OCH3 is 2. The van der Waals surface area contributed by atoms with Crippen LogP contribution >= 0.6 is 0 Å². The van der Waals surface area contributed by atoms with Crippen LogP contribution in [0.1, 0.15) is 15.9 Å². The Bertz CT molecular complexity index is 713. The summed E-state index contributed by atoms with van der Waals surface area (Å²) in [6, 6.07) is 9.62. The minimum absolute atomic E-state index is 0.00381. The Kier molecular flexibility index (Phi) is 5.50. The van der Waals surface area contributed by atoms with Crippen molar-refractivity contribution in [3.63, 3.8) is 0 Å². The van der Waals surface area contributed by atoms with Gasteiger partial charge in [-0.2, -0.15) is 0 Å². The fraction of sp³-hybridized carbons (Fsp3) is 0.368. The lowest BCUT2D eigenvalue weighted by atomic mass is 10.1. The van der Waals surface area contributed by atoms with Gasteiger partial charge in [0, 0.05) is 17.7 Å². The highest BCUT2D eigenvalue weighted by Crippen LogP contribution is 2.31. The molecule has 1 aromatic heterocycles. The van der Waals surface area contributed by atoms with Crippen molar-refractivity contribution in [2.75, 3.05) is 40.4 Å². The topological polar surface area (TPSA) is 57.3 Å². The van der Waals surface area contributed by atoms with Gasteiger partial charge in [0.2, 0.25) is 0 Å². The maximum Gasteiger partial charge on any atom is 0.258 e. The number of benzene rings is 1. The number of pyridine rings is 1.